The lowest BCUT2D eigenvalue weighted by Crippen LogP contribution is -2.35. The molecular formula is C12H21BO2S. The molecule has 0 spiro atoms. The summed E-state index contributed by atoms with van der Waals surface area (Å²) in [7, 11) is -0.155. The van der Waals surface area contributed by atoms with Gasteiger partial charge in [-0.05, 0) is 18.2 Å². The van der Waals surface area contributed by atoms with Gasteiger partial charge in [-0.1, -0.05) is 38.8 Å². The Morgan fingerprint density at radius 2 is 1.75 bits per heavy atom. The molecule has 1 aromatic rings. The minimum absolute atomic E-state index is 0.155. The van der Waals surface area contributed by atoms with Crippen molar-refractivity contribution in [2.24, 2.45) is 0 Å². The Labute approximate surface area is 103 Å². The highest BCUT2D eigenvalue weighted by Crippen LogP contribution is 2.02. The monoisotopic (exact) mass is 240 g/mol. The smallest absolute Gasteiger partial charge is 0.407 e. The normalized spacial score (nSPS) is 10.6. The van der Waals surface area contributed by atoms with Crippen LogP contribution in [0.25, 0.3) is 0 Å². The van der Waals surface area contributed by atoms with Gasteiger partial charge in [0.05, 0.1) is 0 Å². The third kappa shape index (κ3) is 5.15. The number of rotatable bonds is 9. The predicted octanol–water partition coefficient (Wildman–Crippen LogP) is 3.08. The van der Waals surface area contributed by atoms with Crippen molar-refractivity contribution < 1.29 is 9.31 Å². The average molecular weight is 240 g/mol. The molecule has 0 saturated heterocycles. The Kier molecular flexibility index (Phi) is 7.56. The van der Waals surface area contributed by atoms with Crippen LogP contribution in [0.2, 0.25) is 0 Å². The molecule has 0 bridgehead atoms. The van der Waals surface area contributed by atoms with Gasteiger partial charge < -0.3 is 9.31 Å². The first kappa shape index (κ1) is 13.7. The summed E-state index contributed by atoms with van der Waals surface area (Å²) in [5.41, 5.74) is 0. The Morgan fingerprint density at radius 3 is 2.19 bits per heavy atom. The summed E-state index contributed by atoms with van der Waals surface area (Å²) < 4.78 is 12.7. The molecule has 1 rings (SSSR count). The van der Waals surface area contributed by atoms with Crippen LogP contribution in [0.5, 0.6) is 0 Å². The van der Waals surface area contributed by atoms with Crippen LogP contribution >= 0.6 is 11.3 Å². The summed E-state index contributed by atoms with van der Waals surface area (Å²) in [6.07, 6.45) is 4.51. The van der Waals surface area contributed by atoms with E-state index in [1.54, 1.807) is 11.3 Å². The van der Waals surface area contributed by atoms with Crippen molar-refractivity contribution >= 4 is 23.2 Å². The van der Waals surface area contributed by atoms with E-state index in [0.717, 1.165) is 38.9 Å². The fourth-order valence-electron chi connectivity index (χ4n) is 1.31. The van der Waals surface area contributed by atoms with Crippen LogP contribution in [0.4, 0.5) is 0 Å². The highest BCUT2D eigenvalue weighted by molar-refractivity contribution is 7.20. The lowest BCUT2D eigenvalue weighted by Gasteiger charge is -2.12. The number of hydrogen-bond acceptors (Lipinski definition) is 3. The fourth-order valence-corrected chi connectivity index (χ4v) is 2.03. The standard InChI is InChI=1S/C12H21BO2S/c1-3-5-9-14-13(15-10-6-4-2)12-8-7-11-16-12/h7-8,11H,3-6,9-10H2,1-2H3. The Balaban J connectivity index is 2.36. The van der Waals surface area contributed by atoms with Gasteiger partial charge in [-0.25, -0.2) is 0 Å². The molecule has 0 aliphatic rings. The van der Waals surface area contributed by atoms with E-state index in [-0.39, 0.29) is 7.12 Å². The summed E-state index contributed by atoms with van der Waals surface area (Å²) in [6.45, 7) is 5.90. The second kappa shape index (κ2) is 8.79. The fraction of sp³-hybridized carbons (Fsp3) is 0.667. The summed E-state index contributed by atoms with van der Waals surface area (Å²) in [4.78, 5) is 0. The maximum atomic E-state index is 5.76. The third-order valence-corrected chi connectivity index (χ3v) is 3.20. The number of thiophene rings is 1. The minimum atomic E-state index is -0.155. The molecule has 0 atom stereocenters. The molecule has 0 N–H and O–H groups in total. The number of hydrogen-bond donors (Lipinski definition) is 0. The summed E-state index contributed by atoms with van der Waals surface area (Å²) in [5.74, 6) is 0. The van der Waals surface area contributed by atoms with E-state index >= 15 is 0 Å². The van der Waals surface area contributed by atoms with Crippen LogP contribution in [0.15, 0.2) is 17.5 Å². The SMILES string of the molecule is CCCCOB(OCCCC)c1cccs1. The summed E-state index contributed by atoms with van der Waals surface area (Å²) in [5, 5.41) is 2.06. The second-order valence-electron chi connectivity index (χ2n) is 3.80. The van der Waals surface area contributed by atoms with Crippen LogP contribution in [-0.4, -0.2) is 20.3 Å². The van der Waals surface area contributed by atoms with Gasteiger partial charge in [0.2, 0.25) is 0 Å². The van der Waals surface area contributed by atoms with Crippen LogP contribution < -0.4 is 4.78 Å². The van der Waals surface area contributed by atoms with E-state index in [4.69, 9.17) is 9.31 Å². The van der Waals surface area contributed by atoms with Gasteiger partial charge in [0, 0.05) is 18.0 Å². The van der Waals surface area contributed by atoms with Crippen molar-refractivity contribution in [1.29, 1.82) is 0 Å². The molecule has 0 amide bonds. The van der Waals surface area contributed by atoms with Crippen molar-refractivity contribution in [1.82, 2.24) is 0 Å². The minimum Gasteiger partial charge on any atom is -0.407 e. The summed E-state index contributed by atoms with van der Waals surface area (Å²) in [6, 6.07) is 4.12. The molecule has 2 nitrogen and oxygen atoms in total. The van der Waals surface area contributed by atoms with Crippen LogP contribution in [0.3, 0.4) is 0 Å². The Morgan fingerprint density at radius 1 is 1.12 bits per heavy atom. The zero-order valence-electron chi connectivity index (χ0n) is 10.3. The van der Waals surface area contributed by atoms with Crippen molar-refractivity contribution in [3.63, 3.8) is 0 Å². The first-order valence-corrected chi connectivity index (χ1v) is 7.03. The van der Waals surface area contributed by atoms with Crippen molar-refractivity contribution in [3.05, 3.63) is 17.5 Å². The molecule has 0 radical (unpaired) electrons. The highest BCUT2D eigenvalue weighted by atomic mass is 32.1. The lowest BCUT2D eigenvalue weighted by molar-refractivity contribution is 0.203. The van der Waals surface area contributed by atoms with E-state index in [2.05, 4.69) is 25.3 Å². The van der Waals surface area contributed by atoms with E-state index in [9.17, 15) is 0 Å². The predicted molar refractivity (Wildman–Crippen MR) is 71.4 cm³/mol. The first-order valence-electron chi connectivity index (χ1n) is 6.15. The molecular weight excluding hydrogens is 219 g/mol. The Bertz CT molecular complexity index is 242. The molecule has 90 valence electrons. The molecule has 16 heavy (non-hydrogen) atoms. The van der Waals surface area contributed by atoms with Crippen LogP contribution in [-0.2, 0) is 9.31 Å². The second-order valence-corrected chi connectivity index (χ2v) is 4.78. The van der Waals surface area contributed by atoms with E-state index in [0.29, 0.717) is 0 Å². The average Bonchev–Trinajstić information content (AvgIpc) is 2.81. The van der Waals surface area contributed by atoms with E-state index in [1.807, 2.05) is 6.07 Å². The maximum absolute atomic E-state index is 5.76. The first-order chi connectivity index (χ1) is 7.88. The zero-order chi connectivity index (χ0) is 11.6. The zero-order valence-corrected chi connectivity index (χ0v) is 11.1. The van der Waals surface area contributed by atoms with E-state index < -0.39 is 0 Å². The Hall–Kier alpha value is -0.315. The van der Waals surface area contributed by atoms with Crippen molar-refractivity contribution in [2.75, 3.05) is 13.2 Å². The number of unbranched alkanes of at least 4 members (excludes halogenated alkanes) is 2. The van der Waals surface area contributed by atoms with Crippen LogP contribution in [0.1, 0.15) is 39.5 Å². The topological polar surface area (TPSA) is 18.5 Å². The van der Waals surface area contributed by atoms with Crippen LogP contribution in [0, 0.1) is 0 Å². The molecule has 0 saturated carbocycles. The van der Waals surface area contributed by atoms with Gasteiger partial charge in [-0.2, -0.15) is 11.3 Å². The highest BCUT2D eigenvalue weighted by Gasteiger charge is 2.21. The van der Waals surface area contributed by atoms with E-state index in [1.165, 1.54) is 4.78 Å². The maximum Gasteiger partial charge on any atom is 0.504 e. The van der Waals surface area contributed by atoms with Gasteiger partial charge in [0.15, 0.2) is 0 Å². The molecule has 0 fully saturated rings. The largest absolute Gasteiger partial charge is 0.504 e. The van der Waals surface area contributed by atoms with Gasteiger partial charge in [0.25, 0.3) is 0 Å². The molecule has 0 unspecified atom stereocenters. The molecule has 1 aromatic heterocycles. The quantitative estimate of drug-likeness (QED) is 0.487. The van der Waals surface area contributed by atoms with Crippen molar-refractivity contribution in [3.8, 4) is 0 Å². The van der Waals surface area contributed by atoms with Gasteiger partial charge >= 0.3 is 7.12 Å². The summed E-state index contributed by atoms with van der Waals surface area (Å²) >= 11 is 1.70. The molecule has 4 heteroatoms. The molecule has 1 heterocycles. The van der Waals surface area contributed by atoms with Crippen molar-refractivity contribution in [2.45, 2.75) is 39.5 Å². The van der Waals surface area contributed by atoms with Gasteiger partial charge in [-0.15, -0.1) is 0 Å². The van der Waals surface area contributed by atoms with Gasteiger partial charge in [-0.3, -0.25) is 0 Å². The third-order valence-electron chi connectivity index (χ3n) is 2.31. The molecule has 0 aliphatic heterocycles. The van der Waals surface area contributed by atoms with Gasteiger partial charge in [0.1, 0.15) is 0 Å². The lowest BCUT2D eigenvalue weighted by atomic mass is 9.87. The molecule has 0 aromatic carbocycles. The molecule has 0 aliphatic carbocycles.